The highest BCUT2D eigenvalue weighted by atomic mass is 32.2. The molecule has 0 saturated carbocycles. The van der Waals surface area contributed by atoms with E-state index in [0.29, 0.717) is 0 Å². The molecular weight excluding hydrogens is 408 g/mol. The third-order valence-electron chi connectivity index (χ3n) is 5.59. The van der Waals surface area contributed by atoms with Crippen molar-refractivity contribution in [1.82, 2.24) is 4.90 Å². The predicted octanol–water partition coefficient (Wildman–Crippen LogP) is 3.39. The van der Waals surface area contributed by atoms with Crippen molar-refractivity contribution >= 4 is 26.3 Å². The van der Waals surface area contributed by atoms with Crippen molar-refractivity contribution in [3.63, 3.8) is 0 Å². The quantitative estimate of drug-likeness (QED) is 0.365. The van der Waals surface area contributed by atoms with Crippen molar-refractivity contribution < 1.29 is 8.42 Å². The van der Waals surface area contributed by atoms with E-state index >= 15 is 0 Å². The van der Waals surface area contributed by atoms with Crippen LogP contribution >= 0.6 is 0 Å². The minimum Gasteiger partial charge on any atom is -0.398 e. The van der Waals surface area contributed by atoms with Gasteiger partial charge in [0.05, 0.1) is 4.90 Å². The maximum absolute atomic E-state index is 12.9. The fourth-order valence-corrected chi connectivity index (χ4v) is 5.02. The Morgan fingerprint density at radius 1 is 0.871 bits per heavy atom. The molecule has 3 aromatic rings. The first-order valence-corrected chi connectivity index (χ1v) is 11.7. The highest BCUT2D eigenvalue weighted by molar-refractivity contribution is 8.06. The van der Waals surface area contributed by atoms with Gasteiger partial charge in [-0.2, -0.15) is 0 Å². The topological polar surface area (TPSA) is 90.5 Å². The number of nitrogen functional groups attached to an aromatic ring is 1. The first-order valence-electron chi connectivity index (χ1n) is 10.2. The van der Waals surface area contributed by atoms with Crippen molar-refractivity contribution in [3.8, 4) is 0 Å². The van der Waals surface area contributed by atoms with Crippen molar-refractivity contribution in [2.24, 2.45) is 0 Å². The van der Waals surface area contributed by atoms with Gasteiger partial charge in [0.15, 0.2) is 5.04 Å². The van der Waals surface area contributed by atoms with Crippen LogP contribution in [0.15, 0.2) is 83.8 Å². The molecule has 0 bridgehead atoms. The van der Waals surface area contributed by atoms with Gasteiger partial charge in [0.25, 0.3) is 0 Å². The lowest BCUT2D eigenvalue weighted by molar-refractivity contribution is 0.250. The molecule has 1 aliphatic heterocycles. The lowest BCUT2D eigenvalue weighted by Gasteiger charge is -2.36. The van der Waals surface area contributed by atoms with Crippen LogP contribution in [0.5, 0.6) is 0 Å². The summed E-state index contributed by atoms with van der Waals surface area (Å²) in [4.78, 5) is 4.72. The van der Waals surface area contributed by atoms with Crippen LogP contribution in [0.3, 0.4) is 0 Å². The monoisotopic (exact) mass is 434 g/mol. The molecule has 0 unspecified atom stereocenters. The minimum absolute atomic E-state index is 0.0966. The van der Waals surface area contributed by atoms with E-state index in [0.717, 1.165) is 38.4 Å². The van der Waals surface area contributed by atoms with Gasteiger partial charge in [0.2, 0.25) is 9.84 Å². The average Bonchev–Trinajstić information content (AvgIpc) is 2.81. The molecule has 1 saturated heterocycles. The molecular formula is C24H26N4O2S. The lowest BCUT2D eigenvalue weighted by Crippen LogP contribution is -2.46. The summed E-state index contributed by atoms with van der Waals surface area (Å²) in [6.45, 7) is 4.40. The van der Waals surface area contributed by atoms with Crippen molar-refractivity contribution in [3.05, 3.63) is 90.0 Å². The maximum atomic E-state index is 12.9. The van der Waals surface area contributed by atoms with Gasteiger partial charge in [0, 0.05) is 49.7 Å². The maximum Gasteiger partial charge on any atom is 0.223 e. The highest BCUT2D eigenvalue weighted by Gasteiger charge is 2.25. The Hall–Kier alpha value is -3.16. The molecule has 0 atom stereocenters. The van der Waals surface area contributed by atoms with E-state index in [9.17, 15) is 8.42 Å². The fourth-order valence-electron chi connectivity index (χ4n) is 3.81. The molecule has 0 radical (unpaired) electrons. The van der Waals surface area contributed by atoms with E-state index in [2.05, 4.69) is 34.1 Å². The molecule has 7 heteroatoms. The highest BCUT2D eigenvalue weighted by Crippen LogP contribution is 2.26. The number of nitrogens with two attached hydrogens (primary N) is 1. The normalized spacial score (nSPS) is 15.0. The zero-order valence-corrected chi connectivity index (χ0v) is 18.1. The molecule has 0 amide bonds. The summed E-state index contributed by atoms with van der Waals surface area (Å²) in [6.07, 6.45) is 0. The Labute approximate surface area is 183 Å². The Balaban J connectivity index is 1.49. The summed E-state index contributed by atoms with van der Waals surface area (Å²) in [7, 11) is -3.93. The first kappa shape index (κ1) is 21.1. The molecule has 0 spiro atoms. The van der Waals surface area contributed by atoms with Gasteiger partial charge in [-0.3, -0.25) is 10.3 Å². The van der Waals surface area contributed by atoms with Gasteiger partial charge in [-0.1, -0.05) is 48.5 Å². The third-order valence-corrected chi connectivity index (χ3v) is 7.24. The fraction of sp³-hybridized carbons (Fsp3) is 0.208. The first-order chi connectivity index (χ1) is 14.9. The molecule has 1 aliphatic rings. The minimum atomic E-state index is -3.93. The van der Waals surface area contributed by atoms with E-state index in [4.69, 9.17) is 11.1 Å². The van der Waals surface area contributed by atoms with Crippen LogP contribution in [0.1, 0.15) is 11.1 Å². The zero-order valence-electron chi connectivity index (χ0n) is 17.2. The van der Waals surface area contributed by atoms with E-state index in [1.54, 1.807) is 30.3 Å². The van der Waals surface area contributed by atoms with E-state index in [1.165, 1.54) is 17.7 Å². The number of hydrogen-bond donors (Lipinski definition) is 2. The Bertz CT molecular complexity index is 1160. The molecule has 0 aromatic heterocycles. The van der Waals surface area contributed by atoms with Crippen molar-refractivity contribution in [2.45, 2.75) is 11.4 Å². The van der Waals surface area contributed by atoms with Gasteiger partial charge in [-0.25, -0.2) is 8.42 Å². The molecule has 6 nitrogen and oxygen atoms in total. The standard InChI is InChI=1S/C24H26N4O2S/c25-23-12-11-20(17-22(23)24(26)31(29,30)21-9-5-2-6-10-21)28-15-13-27(14-16-28)18-19-7-3-1-4-8-19/h1-12,17,26H,13-16,18,25H2. The van der Waals surface area contributed by atoms with Gasteiger partial charge < -0.3 is 10.6 Å². The summed E-state index contributed by atoms with van der Waals surface area (Å²) in [5.41, 5.74) is 8.78. The second kappa shape index (κ2) is 8.91. The second-order valence-electron chi connectivity index (χ2n) is 7.67. The van der Waals surface area contributed by atoms with Crippen LogP contribution in [-0.4, -0.2) is 44.5 Å². The SMILES string of the molecule is N=C(c1cc(N2CCN(Cc3ccccc3)CC2)ccc1N)S(=O)(=O)c1ccccc1. The second-order valence-corrected chi connectivity index (χ2v) is 9.55. The molecule has 31 heavy (non-hydrogen) atoms. The molecule has 4 rings (SSSR count). The summed E-state index contributed by atoms with van der Waals surface area (Å²) in [6, 6.07) is 23.8. The number of sulfone groups is 1. The van der Waals surface area contributed by atoms with Gasteiger partial charge in [-0.15, -0.1) is 0 Å². The summed E-state index contributed by atoms with van der Waals surface area (Å²) in [5.74, 6) is 0. The van der Waals surface area contributed by atoms with Gasteiger partial charge in [0.1, 0.15) is 0 Å². The summed E-state index contributed by atoms with van der Waals surface area (Å²) >= 11 is 0. The van der Waals surface area contributed by atoms with Crippen LogP contribution in [0.4, 0.5) is 11.4 Å². The number of nitrogens with zero attached hydrogens (tertiary/aromatic N) is 2. The lowest BCUT2D eigenvalue weighted by atomic mass is 10.1. The number of rotatable bonds is 5. The average molecular weight is 435 g/mol. The molecule has 1 fully saturated rings. The predicted molar refractivity (Wildman–Crippen MR) is 125 cm³/mol. The van der Waals surface area contributed by atoms with E-state index in [1.807, 2.05) is 12.1 Å². The number of anilines is 2. The number of nitrogens with one attached hydrogen (secondary N) is 1. The zero-order chi connectivity index (χ0) is 21.8. The van der Waals surface area contributed by atoms with Crippen LogP contribution in [0.2, 0.25) is 0 Å². The summed E-state index contributed by atoms with van der Waals surface area (Å²) < 4.78 is 25.8. The van der Waals surface area contributed by atoms with E-state index in [-0.39, 0.29) is 16.1 Å². The molecule has 0 aliphatic carbocycles. The van der Waals surface area contributed by atoms with Crippen LogP contribution < -0.4 is 10.6 Å². The largest absolute Gasteiger partial charge is 0.398 e. The molecule has 1 heterocycles. The van der Waals surface area contributed by atoms with Crippen molar-refractivity contribution in [1.29, 1.82) is 5.41 Å². The Morgan fingerprint density at radius 2 is 1.48 bits per heavy atom. The van der Waals surface area contributed by atoms with Gasteiger partial charge in [-0.05, 0) is 35.9 Å². The Kier molecular flexibility index (Phi) is 6.06. The third kappa shape index (κ3) is 4.62. The van der Waals surface area contributed by atoms with Gasteiger partial charge >= 0.3 is 0 Å². The van der Waals surface area contributed by atoms with Crippen LogP contribution in [0, 0.1) is 5.41 Å². The van der Waals surface area contributed by atoms with E-state index < -0.39 is 14.9 Å². The summed E-state index contributed by atoms with van der Waals surface area (Å²) in [5, 5.41) is 7.91. The molecule has 160 valence electrons. The van der Waals surface area contributed by atoms with Crippen LogP contribution in [0.25, 0.3) is 0 Å². The Morgan fingerprint density at radius 3 is 2.13 bits per heavy atom. The number of benzene rings is 3. The number of hydrogen-bond acceptors (Lipinski definition) is 6. The molecule has 3 N–H and O–H groups in total. The van der Waals surface area contributed by atoms with Crippen molar-refractivity contribution in [2.75, 3.05) is 36.8 Å². The smallest absolute Gasteiger partial charge is 0.223 e. The van der Waals surface area contributed by atoms with Crippen LogP contribution in [-0.2, 0) is 16.4 Å². The number of piperazine rings is 1. The molecule has 3 aromatic carbocycles.